The number of fused-ring (bicyclic) bond motifs is 1. The van der Waals surface area contributed by atoms with Crippen LogP contribution in [-0.4, -0.2) is 62.3 Å². The second-order valence-electron chi connectivity index (χ2n) is 7.56. The molecular weight excluding hydrogens is 392 g/mol. The molecule has 2 heterocycles. The maximum Gasteiger partial charge on any atom is 0.293 e. The van der Waals surface area contributed by atoms with Gasteiger partial charge in [0.2, 0.25) is 10.0 Å². The van der Waals surface area contributed by atoms with E-state index in [1.54, 1.807) is 6.07 Å². The third-order valence-electron chi connectivity index (χ3n) is 5.71. The average molecular weight is 417 g/mol. The van der Waals surface area contributed by atoms with E-state index < -0.39 is 14.9 Å². The van der Waals surface area contributed by atoms with Gasteiger partial charge in [0.1, 0.15) is 5.69 Å². The maximum atomic E-state index is 13.0. The molecule has 1 saturated heterocycles. The Morgan fingerprint density at radius 1 is 0.966 bits per heavy atom. The lowest BCUT2D eigenvalue weighted by molar-refractivity contribution is -0.384. The normalized spacial score (nSPS) is 18.4. The lowest BCUT2D eigenvalue weighted by Gasteiger charge is -2.32. The largest absolute Gasteiger partial charge is 0.361 e. The van der Waals surface area contributed by atoms with E-state index >= 15 is 0 Å². The van der Waals surface area contributed by atoms with Gasteiger partial charge in [-0.15, -0.1) is 0 Å². The first-order chi connectivity index (χ1) is 13.9. The van der Waals surface area contributed by atoms with Crippen molar-refractivity contribution < 1.29 is 13.3 Å². The highest BCUT2D eigenvalue weighted by Gasteiger charge is 2.31. The second-order valence-corrected chi connectivity index (χ2v) is 9.49. The van der Waals surface area contributed by atoms with Crippen molar-refractivity contribution in [2.75, 3.05) is 44.7 Å². The third-order valence-corrected chi connectivity index (χ3v) is 7.61. The van der Waals surface area contributed by atoms with Crippen LogP contribution < -0.4 is 4.90 Å². The zero-order valence-corrected chi connectivity index (χ0v) is 17.1. The zero-order chi connectivity index (χ0) is 20.6. The Morgan fingerprint density at radius 3 is 2.34 bits per heavy atom. The number of benzene rings is 2. The molecule has 8 nitrogen and oxygen atoms in total. The van der Waals surface area contributed by atoms with Gasteiger partial charge in [-0.1, -0.05) is 24.3 Å². The molecule has 0 saturated carbocycles. The summed E-state index contributed by atoms with van der Waals surface area (Å²) in [6, 6.07) is 12.3. The van der Waals surface area contributed by atoms with E-state index in [0.29, 0.717) is 45.0 Å². The van der Waals surface area contributed by atoms with Crippen molar-refractivity contribution in [3.63, 3.8) is 0 Å². The molecule has 0 unspecified atom stereocenters. The topological polar surface area (TPSA) is 87.0 Å². The first-order valence-corrected chi connectivity index (χ1v) is 11.1. The van der Waals surface area contributed by atoms with Crippen LogP contribution in [0, 0.1) is 10.1 Å². The standard InChI is InChI=1S/C20H24N4O4S/c1-21-10-12-23(13-11-21)29(27,28)18-6-7-19(20(14-18)24(25)26)22-9-8-16-4-2-3-5-17(16)15-22/h2-7,14H,8-13,15H2,1H3. The minimum Gasteiger partial charge on any atom is -0.361 e. The molecule has 4 rings (SSSR count). The van der Waals surface area contributed by atoms with Crippen molar-refractivity contribution >= 4 is 21.4 Å². The van der Waals surface area contributed by atoms with E-state index in [2.05, 4.69) is 11.0 Å². The van der Waals surface area contributed by atoms with Crippen LogP contribution in [0.2, 0.25) is 0 Å². The minimum atomic E-state index is -3.75. The number of hydrogen-bond acceptors (Lipinski definition) is 6. The molecule has 0 aromatic heterocycles. The number of hydrogen-bond donors (Lipinski definition) is 0. The highest BCUT2D eigenvalue weighted by Crippen LogP contribution is 2.34. The van der Waals surface area contributed by atoms with Crippen LogP contribution in [0.25, 0.3) is 0 Å². The van der Waals surface area contributed by atoms with Gasteiger partial charge in [0, 0.05) is 45.3 Å². The number of sulfonamides is 1. The Balaban J connectivity index is 1.65. The Hall–Kier alpha value is -2.49. The molecule has 0 radical (unpaired) electrons. The SMILES string of the molecule is CN1CCN(S(=O)(=O)c2ccc(N3CCc4ccccc4C3)c([N+](=O)[O-])c2)CC1. The molecule has 154 valence electrons. The molecule has 29 heavy (non-hydrogen) atoms. The average Bonchev–Trinajstić information content (AvgIpc) is 2.73. The van der Waals surface area contributed by atoms with E-state index in [1.807, 2.05) is 30.1 Å². The van der Waals surface area contributed by atoms with Gasteiger partial charge in [0.25, 0.3) is 5.69 Å². The number of likely N-dealkylation sites (N-methyl/N-ethyl adjacent to an activating group) is 1. The summed E-state index contributed by atoms with van der Waals surface area (Å²) in [4.78, 5) is 15.3. The molecule has 2 aromatic carbocycles. The van der Waals surface area contributed by atoms with E-state index in [4.69, 9.17) is 0 Å². The monoisotopic (exact) mass is 416 g/mol. The quantitative estimate of drug-likeness (QED) is 0.560. The Morgan fingerprint density at radius 2 is 1.66 bits per heavy atom. The van der Waals surface area contributed by atoms with Crippen LogP contribution in [0.3, 0.4) is 0 Å². The molecule has 2 aromatic rings. The summed E-state index contributed by atoms with van der Waals surface area (Å²) < 4.78 is 27.4. The highest BCUT2D eigenvalue weighted by molar-refractivity contribution is 7.89. The predicted octanol–water partition coefficient (Wildman–Crippen LogP) is 2.09. The van der Waals surface area contributed by atoms with Crippen LogP contribution in [0.4, 0.5) is 11.4 Å². The number of nitro benzene ring substituents is 1. The first-order valence-electron chi connectivity index (χ1n) is 9.65. The molecule has 9 heteroatoms. The summed E-state index contributed by atoms with van der Waals surface area (Å²) >= 11 is 0. The summed E-state index contributed by atoms with van der Waals surface area (Å²) in [5, 5.41) is 11.8. The van der Waals surface area contributed by atoms with Crippen molar-refractivity contribution in [1.29, 1.82) is 0 Å². The molecule has 2 aliphatic rings. The van der Waals surface area contributed by atoms with Crippen LogP contribution in [-0.2, 0) is 23.0 Å². The van der Waals surface area contributed by atoms with Crippen molar-refractivity contribution in [3.05, 3.63) is 63.7 Å². The molecule has 1 fully saturated rings. The maximum absolute atomic E-state index is 13.0. The Labute approximate surface area is 170 Å². The number of nitro groups is 1. The van der Waals surface area contributed by atoms with Gasteiger partial charge >= 0.3 is 0 Å². The van der Waals surface area contributed by atoms with Crippen LogP contribution in [0.1, 0.15) is 11.1 Å². The summed E-state index contributed by atoms with van der Waals surface area (Å²) in [5.41, 5.74) is 2.68. The molecule has 0 bridgehead atoms. The number of nitrogens with zero attached hydrogens (tertiary/aromatic N) is 4. The van der Waals surface area contributed by atoms with E-state index in [0.717, 1.165) is 12.0 Å². The van der Waals surface area contributed by atoms with E-state index in [1.165, 1.54) is 22.0 Å². The lowest BCUT2D eigenvalue weighted by atomic mass is 9.99. The molecule has 0 aliphatic carbocycles. The van der Waals surface area contributed by atoms with Gasteiger partial charge in [-0.25, -0.2) is 8.42 Å². The third kappa shape index (κ3) is 3.85. The zero-order valence-electron chi connectivity index (χ0n) is 16.3. The Bertz CT molecular complexity index is 1030. The summed E-state index contributed by atoms with van der Waals surface area (Å²) in [7, 11) is -1.81. The van der Waals surface area contributed by atoms with Crippen molar-refractivity contribution in [2.24, 2.45) is 0 Å². The van der Waals surface area contributed by atoms with Gasteiger partial charge in [-0.3, -0.25) is 10.1 Å². The summed E-state index contributed by atoms with van der Waals surface area (Å²) in [6.45, 7) is 3.29. The highest BCUT2D eigenvalue weighted by atomic mass is 32.2. The minimum absolute atomic E-state index is 0.0186. The van der Waals surface area contributed by atoms with Gasteiger partial charge in [-0.05, 0) is 36.7 Å². The Kier molecular flexibility index (Phi) is 5.28. The fourth-order valence-electron chi connectivity index (χ4n) is 3.96. The number of rotatable bonds is 4. The fraction of sp³-hybridized carbons (Fsp3) is 0.400. The molecule has 2 aliphatic heterocycles. The van der Waals surface area contributed by atoms with Crippen molar-refractivity contribution in [3.8, 4) is 0 Å². The van der Waals surface area contributed by atoms with Gasteiger partial charge in [0.05, 0.1) is 9.82 Å². The van der Waals surface area contributed by atoms with Crippen LogP contribution in [0.5, 0.6) is 0 Å². The number of anilines is 1. The molecule has 0 spiro atoms. The van der Waals surface area contributed by atoms with E-state index in [9.17, 15) is 18.5 Å². The molecule has 0 amide bonds. The van der Waals surface area contributed by atoms with Gasteiger partial charge in [-0.2, -0.15) is 4.31 Å². The van der Waals surface area contributed by atoms with Crippen molar-refractivity contribution in [2.45, 2.75) is 17.9 Å². The van der Waals surface area contributed by atoms with E-state index in [-0.39, 0.29) is 10.6 Å². The smallest absolute Gasteiger partial charge is 0.293 e. The van der Waals surface area contributed by atoms with Gasteiger partial charge in [0.15, 0.2) is 0 Å². The second kappa shape index (κ2) is 7.74. The lowest BCUT2D eigenvalue weighted by Crippen LogP contribution is -2.47. The predicted molar refractivity (Wildman–Crippen MR) is 111 cm³/mol. The number of piperazine rings is 1. The summed E-state index contributed by atoms with van der Waals surface area (Å²) in [5.74, 6) is 0. The fourth-order valence-corrected chi connectivity index (χ4v) is 5.40. The van der Waals surface area contributed by atoms with Crippen LogP contribution >= 0.6 is 0 Å². The molecule has 0 N–H and O–H groups in total. The molecular formula is C20H24N4O4S. The molecule has 0 atom stereocenters. The first kappa shape index (κ1) is 19.8. The van der Waals surface area contributed by atoms with Crippen LogP contribution in [0.15, 0.2) is 47.4 Å². The summed E-state index contributed by atoms with van der Waals surface area (Å²) in [6.07, 6.45) is 0.800. The van der Waals surface area contributed by atoms with Gasteiger partial charge < -0.3 is 9.80 Å². The van der Waals surface area contributed by atoms with Crippen molar-refractivity contribution in [1.82, 2.24) is 9.21 Å².